The zero-order valence-corrected chi connectivity index (χ0v) is 13.8. The number of urea groups is 1. The van der Waals surface area contributed by atoms with E-state index in [4.69, 9.17) is 11.6 Å². The van der Waals surface area contributed by atoms with Gasteiger partial charge in [-0.25, -0.2) is 9.18 Å². The lowest BCUT2D eigenvalue weighted by Crippen LogP contribution is -2.51. The van der Waals surface area contributed by atoms with Gasteiger partial charge in [-0.2, -0.15) is 5.01 Å². The van der Waals surface area contributed by atoms with Crippen molar-refractivity contribution in [3.63, 3.8) is 0 Å². The fourth-order valence-corrected chi connectivity index (χ4v) is 3.40. The summed E-state index contributed by atoms with van der Waals surface area (Å²) in [5.74, 6) is -1.29. The third-order valence-corrected chi connectivity index (χ3v) is 4.99. The molecule has 1 heterocycles. The average molecular weight is 354 g/mol. The van der Waals surface area contributed by atoms with Crippen LogP contribution in [-0.4, -0.2) is 28.4 Å². The first kappa shape index (κ1) is 16.7. The Bertz CT molecular complexity index is 717. The second kappa shape index (κ2) is 6.05. The number of nitrogens with one attached hydrogen (secondary N) is 2. The van der Waals surface area contributed by atoms with E-state index in [1.54, 1.807) is 0 Å². The maximum atomic E-state index is 13.1. The van der Waals surface area contributed by atoms with E-state index in [9.17, 15) is 18.8 Å². The van der Waals surface area contributed by atoms with Crippen molar-refractivity contribution in [2.24, 2.45) is 5.92 Å². The first-order chi connectivity index (χ1) is 11.3. The number of carbonyl (C=O) groups excluding carboxylic acids is 3. The molecule has 1 aromatic rings. The van der Waals surface area contributed by atoms with Gasteiger partial charge in [0.1, 0.15) is 11.4 Å². The number of rotatable bonds is 2. The van der Waals surface area contributed by atoms with Crippen molar-refractivity contribution < 1.29 is 18.8 Å². The SMILES string of the molecule is CC1CCC2(CC1)NC(=O)N(NC(=O)c1ccc(F)cc1Cl)C2=O. The summed E-state index contributed by atoms with van der Waals surface area (Å²) < 4.78 is 13.1. The van der Waals surface area contributed by atoms with Crippen molar-refractivity contribution in [3.8, 4) is 0 Å². The van der Waals surface area contributed by atoms with Gasteiger partial charge in [0, 0.05) is 0 Å². The van der Waals surface area contributed by atoms with Crippen LogP contribution in [0.15, 0.2) is 18.2 Å². The Hall–Kier alpha value is -2.15. The molecule has 1 aromatic carbocycles. The van der Waals surface area contributed by atoms with Crippen LogP contribution in [0, 0.1) is 11.7 Å². The zero-order valence-electron chi connectivity index (χ0n) is 13.1. The molecule has 1 saturated carbocycles. The van der Waals surface area contributed by atoms with Gasteiger partial charge in [0.05, 0.1) is 10.6 Å². The third kappa shape index (κ3) is 2.84. The predicted octanol–water partition coefficient (Wildman–Crippen LogP) is 2.62. The normalized spacial score (nSPS) is 26.6. The molecule has 3 rings (SSSR count). The molecule has 128 valence electrons. The molecule has 0 radical (unpaired) electrons. The fourth-order valence-electron chi connectivity index (χ4n) is 3.15. The maximum Gasteiger partial charge on any atom is 0.344 e. The summed E-state index contributed by atoms with van der Waals surface area (Å²) in [6.45, 7) is 2.10. The second-order valence-electron chi connectivity index (χ2n) is 6.40. The summed E-state index contributed by atoms with van der Waals surface area (Å²) in [6, 6.07) is 2.60. The molecule has 4 amide bonds. The lowest BCUT2D eigenvalue weighted by atomic mass is 9.77. The van der Waals surface area contributed by atoms with Crippen LogP contribution in [0.4, 0.5) is 9.18 Å². The molecule has 2 aliphatic rings. The number of imide groups is 1. The molecule has 1 saturated heterocycles. The highest BCUT2D eigenvalue weighted by molar-refractivity contribution is 6.33. The Morgan fingerprint density at radius 3 is 2.67 bits per heavy atom. The summed E-state index contributed by atoms with van der Waals surface area (Å²) in [5, 5.41) is 3.30. The molecule has 0 atom stereocenters. The van der Waals surface area contributed by atoms with Gasteiger partial charge in [-0.3, -0.25) is 15.0 Å². The van der Waals surface area contributed by atoms with Crippen LogP contribution in [0.2, 0.25) is 5.02 Å². The van der Waals surface area contributed by atoms with Gasteiger partial charge in [-0.15, -0.1) is 0 Å². The highest BCUT2D eigenvalue weighted by Crippen LogP contribution is 2.35. The van der Waals surface area contributed by atoms with Gasteiger partial charge in [0.25, 0.3) is 11.8 Å². The summed E-state index contributed by atoms with van der Waals surface area (Å²) >= 11 is 5.84. The molecule has 1 aliphatic carbocycles. The van der Waals surface area contributed by atoms with Gasteiger partial charge in [0.2, 0.25) is 0 Å². The first-order valence-corrected chi connectivity index (χ1v) is 8.13. The van der Waals surface area contributed by atoms with Crippen LogP contribution in [-0.2, 0) is 4.79 Å². The number of hydrazine groups is 1. The summed E-state index contributed by atoms with van der Waals surface area (Å²) in [6.07, 6.45) is 2.75. The van der Waals surface area contributed by atoms with Crippen molar-refractivity contribution in [2.45, 2.75) is 38.1 Å². The smallest absolute Gasteiger partial charge is 0.322 e. The number of benzene rings is 1. The van der Waals surface area contributed by atoms with E-state index < -0.39 is 29.2 Å². The van der Waals surface area contributed by atoms with Gasteiger partial charge in [0.15, 0.2) is 0 Å². The highest BCUT2D eigenvalue weighted by Gasteiger charge is 2.52. The molecule has 24 heavy (non-hydrogen) atoms. The average Bonchev–Trinajstić information content (AvgIpc) is 2.75. The van der Waals surface area contributed by atoms with Gasteiger partial charge < -0.3 is 5.32 Å². The molecule has 0 aromatic heterocycles. The van der Waals surface area contributed by atoms with Crippen molar-refractivity contribution >= 4 is 29.4 Å². The van der Waals surface area contributed by atoms with E-state index in [2.05, 4.69) is 17.7 Å². The van der Waals surface area contributed by atoms with Gasteiger partial charge >= 0.3 is 6.03 Å². The Balaban J connectivity index is 1.76. The predicted molar refractivity (Wildman–Crippen MR) is 84.6 cm³/mol. The quantitative estimate of drug-likeness (QED) is 0.802. The van der Waals surface area contributed by atoms with Gasteiger partial charge in [-0.1, -0.05) is 18.5 Å². The van der Waals surface area contributed by atoms with Crippen molar-refractivity contribution in [2.75, 3.05) is 0 Å². The molecule has 0 bridgehead atoms. The molecule has 6 nitrogen and oxygen atoms in total. The number of amides is 4. The molecule has 0 unspecified atom stereocenters. The van der Waals surface area contributed by atoms with Crippen LogP contribution in [0.1, 0.15) is 43.0 Å². The first-order valence-electron chi connectivity index (χ1n) is 7.75. The van der Waals surface area contributed by atoms with Crippen LogP contribution >= 0.6 is 11.6 Å². The molecule has 1 spiro atoms. The summed E-state index contributed by atoms with van der Waals surface area (Å²) in [5.41, 5.74) is 1.31. The number of hydrogen-bond acceptors (Lipinski definition) is 3. The maximum absolute atomic E-state index is 13.1. The van der Waals surface area contributed by atoms with E-state index >= 15 is 0 Å². The number of halogens is 2. The standard InChI is InChI=1S/C16H17ClFN3O3/c1-9-4-6-16(7-5-9)14(23)21(15(24)19-16)20-13(22)11-3-2-10(18)8-12(11)17/h2-3,8-9H,4-7H2,1H3,(H,19,24)(H,20,22). The lowest BCUT2D eigenvalue weighted by molar-refractivity contribution is -0.134. The van der Waals surface area contributed by atoms with Gasteiger partial charge in [-0.05, 0) is 49.8 Å². The fraction of sp³-hybridized carbons (Fsp3) is 0.438. The second-order valence-corrected chi connectivity index (χ2v) is 6.81. The molecular weight excluding hydrogens is 337 g/mol. The number of hydrogen-bond donors (Lipinski definition) is 2. The number of nitrogens with zero attached hydrogens (tertiary/aromatic N) is 1. The minimum absolute atomic E-state index is 0.0168. The minimum atomic E-state index is -0.941. The minimum Gasteiger partial charge on any atom is -0.322 e. The van der Waals surface area contributed by atoms with Crippen LogP contribution in [0.5, 0.6) is 0 Å². The Morgan fingerprint density at radius 2 is 2.04 bits per heavy atom. The van der Waals surface area contributed by atoms with E-state index in [0.717, 1.165) is 25.0 Å². The Kier molecular flexibility index (Phi) is 4.21. The van der Waals surface area contributed by atoms with E-state index in [0.29, 0.717) is 23.8 Å². The molecule has 2 fully saturated rings. The molecule has 2 N–H and O–H groups in total. The molecule has 1 aliphatic heterocycles. The summed E-state index contributed by atoms with van der Waals surface area (Å²) in [7, 11) is 0. The van der Waals surface area contributed by atoms with E-state index in [1.807, 2.05) is 0 Å². The lowest BCUT2D eigenvalue weighted by Gasteiger charge is -2.33. The monoisotopic (exact) mass is 353 g/mol. The third-order valence-electron chi connectivity index (χ3n) is 4.68. The van der Waals surface area contributed by atoms with Crippen LogP contribution in [0.25, 0.3) is 0 Å². The van der Waals surface area contributed by atoms with Crippen molar-refractivity contribution in [1.29, 1.82) is 0 Å². The Labute approximate surface area is 143 Å². The van der Waals surface area contributed by atoms with E-state index in [-0.39, 0.29) is 10.6 Å². The van der Waals surface area contributed by atoms with Crippen molar-refractivity contribution in [3.05, 3.63) is 34.6 Å². The van der Waals surface area contributed by atoms with Crippen LogP contribution in [0.3, 0.4) is 0 Å². The highest BCUT2D eigenvalue weighted by atomic mass is 35.5. The topological polar surface area (TPSA) is 78.5 Å². The Morgan fingerprint density at radius 1 is 1.38 bits per heavy atom. The van der Waals surface area contributed by atoms with Crippen LogP contribution < -0.4 is 10.7 Å². The summed E-state index contributed by atoms with van der Waals surface area (Å²) in [4.78, 5) is 37.0. The largest absolute Gasteiger partial charge is 0.344 e. The molecular formula is C16H17ClFN3O3. The molecule has 8 heteroatoms. The zero-order chi connectivity index (χ0) is 17.5. The van der Waals surface area contributed by atoms with Crippen molar-refractivity contribution in [1.82, 2.24) is 15.8 Å². The van der Waals surface area contributed by atoms with E-state index in [1.165, 1.54) is 6.07 Å². The number of carbonyl (C=O) groups is 3.